The zero-order valence-electron chi connectivity index (χ0n) is 9.79. The lowest BCUT2D eigenvalue weighted by molar-refractivity contribution is 0.498. The van der Waals surface area contributed by atoms with Crippen molar-refractivity contribution in [1.82, 2.24) is 4.57 Å². The minimum absolute atomic E-state index is 0.472. The lowest BCUT2D eigenvalue weighted by Gasteiger charge is -2.25. The molecule has 0 aliphatic carbocycles. The molecule has 1 aliphatic heterocycles. The molecule has 2 N–H and O–H groups in total. The average Bonchev–Trinajstić information content (AvgIpc) is 2.51. The van der Waals surface area contributed by atoms with Gasteiger partial charge >= 0.3 is 0 Å². The van der Waals surface area contributed by atoms with E-state index in [1.54, 1.807) is 0 Å². The predicted molar refractivity (Wildman–Crippen MR) is 68.6 cm³/mol. The summed E-state index contributed by atoms with van der Waals surface area (Å²) in [4.78, 5) is 0. The third kappa shape index (κ3) is 1.69. The molecule has 0 aromatic carbocycles. The third-order valence-electron chi connectivity index (χ3n) is 3.41. The number of nitrogens with two attached hydrogens (primary N) is 1. The highest BCUT2D eigenvalue weighted by atomic mass is 32.2. The highest BCUT2D eigenvalue weighted by Gasteiger charge is 2.23. The first-order valence-electron chi connectivity index (χ1n) is 5.61. The maximum Gasteiger partial charge on any atom is 0.122 e. The SMILES string of the molecule is Cc1c(C#N)c(N)n(C2CCCSC2)c1C. The van der Waals surface area contributed by atoms with Gasteiger partial charge < -0.3 is 10.3 Å². The normalized spacial score (nSPS) is 20.7. The summed E-state index contributed by atoms with van der Waals surface area (Å²) in [6, 6.07) is 2.68. The number of nitrogen functional groups attached to an aromatic ring is 1. The molecular weight excluding hydrogens is 218 g/mol. The van der Waals surface area contributed by atoms with Crippen molar-refractivity contribution >= 4 is 17.6 Å². The first-order valence-corrected chi connectivity index (χ1v) is 6.77. The van der Waals surface area contributed by atoms with E-state index in [2.05, 4.69) is 17.6 Å². The highest BCUT2D eigenvalue weighted by molar-refractivity contribution is 7.99. The second-order valence-corrected chi connectivity index (χ2v) is 5.47. The van der Waals surface area contributed by atoms with Crippen LogP contribution in [0.25, 0.3) is 0 Å². The number of aromatic nitrogens is 1. The zero-order valence-corrected chi connectivity index (χ0v) is 10.6. The molecule has 1 unspecified atom stereocenters. The van der Waals surface area contributed by atoms with E-state index in [1.165, 1.54) is 18.6 Å². The van der Waals surface area contributed by atoms with Crippen LogP contribution in [0.1, 0.15) is 35.7 Å². The number of hydrogen-bond acceptors (Lipinski definition) is 3. The summed E-state index contributed by atoms with van der Waals surface area (Å²) in [5.41, 5.74) is 8.93. The summed E-state index contributed by atoms with van der Waals surface area (Å²) in [6.07, 6.45) is 2.42. The molecule has 0 saturated carbocycles. The molecule has 1 saturated heterocycles. The van der Waals surface area contributed by atoms with Crippen molar-refractivity contribution in [3.05, 3.63) is 16.8 Å². The molecule has 1 atom stereocenters. The Morgan fingerprint density at radius 2 is 2.25 bits per heavy atom. The number of nitrogens with zero attached hydrogens (tertiary/aromatic N) is 2. The van der Waals surface area contributed by atoms with Crippen LogP contribution in [0.15, 0.2) is 0 Å². The molecule has 4 heteroatoms. The molecule has 1 fully saturated rings. The highest BCUT2D eigenvalue weighted by Crippen LogP contribution is 2.34. The third-order valence-corrected chi connectivity index (χ3v) is 4.61. The van der Waals surface area contributed by atoms with Gasteiger partial charge in [0.2, 0.25) is 0 Å². The van der Waals surface area contributed by atoms with E-state index in [4.69, 9.17) is 11.0 Å². The van der Waals surface area contributed by atoms with Crippen molar-refractivity contribution in [1.29, 1.82) is 5.26 Å². The fraction of sp³-hybridized carbons (Fsp3) is 0.583. The zero-order chi connectivity index (χ0) is 11.7. The van der Waals surface area contributed by atoms with Gasteiger partial charge in [-0.3, -0.25) is 0 Å². The Morgan fingerprint density at radius 1 is 1.50 bits per heavy atom. The van der Waals surface area contributed by atoms with Gasteiger partial charge in [-0.05, 0) is 38.0 Å². The van der Waals surface area contributed by atoms with E-state index >= 15 is 0 Å². The van der Waals surface area contributed by atoms with Crippen LogP contribution in [0.4, 0.5) is 5.82 Å². The summed E-state index contributed by atoms with van der Waals surface area (Å²) in [7, 11) is 0. The molecular formula is C12H17N3S. The molecule has 0 bridgehead atoms. The van der Waals surface area contributed by atoms with E-state index in [1.807, 2.05) is 18.7 Å². The first-order chi connectivity index (χ1) is 7.66. The van der Waals surface area contributed by atoms with Crippen LogP contribution < -0.4 is 5.73 Å². The summed E-state index contributed by atoms with van der Waals surface area (Å²) in [5.74, 6) is 3.02. The van der Waals surface area contributed by atoms with Gasteiger partial charge in [0.05, 0.1) is 5.56 Å². The van der Waals surface area contributed by atoms with E-state index in [-0.39, 0.29) is 0 Å². The number of hydrogen-bond donors (Lipinski definition) is 1. The Labute approximate surface area is 101 Å². The number of nitriles is 1. The van der Waals surface area contributed by atoms with Crippen molar-refractivity contribution in [2.75, 3.05) is 17.2 Å². The second-order valence-electron chi connectivity index (χ2n) is 4.32. The van der Waals surface area contributed by atoms with Crippen molar-refractivity contribution in [3.63, 3.8) is 0 Å². The topological polar surface area (TPSA) is 54.7 Å². The lowest BCUT2D eigenvalue weighted by Crippen LogP contribution is -2.19. The minimum Gasteiger partial charge on any atom is -0.384 e. The van der Waals surface area contributed by atoms with Crippen LogP contribution in [0.2, 0.25) is 0 Å². The molecule has 16 heavy (non-hydrogen) atoms. The first kappa shape index (κ1) is 11.4. The molecule has 3 nitrogen and oxygen atoms in total. The van der Waals surface area contributed by atoms with Crippen LogP contribution in [0.3, 0.4) is 0 Å². The molecule has 2 rings (SSSR count). The Bertz CT molecular complexity index is 436. The minimum atomic E-state index is 0.472. The van der Waals surface area contributed by atoms with Crippen molar-refractivity contribution in [2.24, 2.45) is 0 Å². The Morgan fingerprint density at radius 3 is 2.75 bits per heavy atom. The van der Waals surface area contributed by atoms with Gasteiger partial charge in [0, 0.05) is 17.5 Å². The van der Waals surface area contributed by atoms with Gasteiger partial charge in [0.15, 0.2) is 0 Å². The molecule has 2 heterocycles. The van der Waals surface area contributed by atoms with Crippen LogP contribution >= 0.6 is 11.8 Å². The van der Waals surface area contributed by atoms with Crippen LogP contribution in [0.5, 0.6) is 0 Å². The van der Waals surface area contributed by atoms with Crippen molar-refractivity contribution in [2.45, 2.75) is 32.7 Å². The molecule has 86 valence electrons. The van der Waals surface area contributed by atoms with Crippen LogP contribution in [-0.4, -0.2) is 16.1 Å². The summed E-state index contributed by atoms with van der Waals surface area (Å²) >= 11 is 1.98. The standard InChI is InChI=1S/C12H17N3S/c1-8-9(2)15(12(14)11(8)6-13)10-4-3-5-16-7-10/h10H,3-5,7,14H2,1-2H3. The van der Waals surface area contributed by atoms with Gasteiger partial charge in [0.25, 0.3) is 0 Å². The van der Waals surface area contributed by atoms with Crippen LogP contribution in [0, 0.1) is 25.2 Å². The van der Waals surface area contributed by atoms with Crippen molar-refractivity contribution in [3.8, 4) is 6.07 Å². The average molecular weight is 235 g/mol. The maximum absolute atomic E-state index is 9.09. The fourth-order valence-electron chi connectivity index (χ4n) is 2.39. The predicted octanol–water partition coefficient (Wildman–Crippen LogP) is 2.63. The van der Waals surface area contributed by atoms with E-state index in [0.717, 1.165) is 17.0 Å². The molecule has 1 aromatic heterocycles. The largest absolute Gasteiger partial charge is 0.384 e. The summed E-state index contributed by atoms with van der Waals surface area (Å²) < 4.78 is 2.17. The Hall–Kier alpha value is -1.08. The van der Waals surface area contributed by atoms with Gasteiger partial charge in [-0.2, -0.15) is 17.0 Å². The van der Waals surface area contributed by atoms with Gasteiger partial charge in [-0.25, -0.2) is 0 Å². The lowest BCUT2D eigenvalue weighted by atomic mass is 10.1. The van der Waals surface area contributed by atoms with E-state index < -0.39 is 0 Å². The Balaban J connectivity index is 2.44. The van der Waals surface area contributed by atoms with Crippen LogP contribution in [-0.2, 0) is 0 Å². The number of anilines is 1. The van der Waals surface area contributed by atoms with E-state index in [0.29, 0.717) is 17.4 Å². The number of thioether (sulfide) groups is 1. The molecule has 0 amide bonds. The molecule has 0 spiro atoms. The van der Waals surface area contributed by atoms with Gasteiger partial charge in [-0.15, -0.1) is 0 Å². The smallest absolute Gasteiger partial charge is 0.122 e. The molecule has 1 aliphatic rings. The van der Waals surface area contributed by atoms with E-state index in [9.17, 15) is 0 Å². The van der Waals surface area contributed by atoms with Gasteiger partial charge in [0.1, 0.15) is 11.9 Å². The van der Waals surface area contributed by atoms with Gasteiger partial charge in [-0.1, -0.05) is 0 Å². The molecule has 1 aromatic rings. The quantitative estimate of drug-likeness (QED) is 0.814. The summed E-state index contributed by atoms with van der Waals surface area (Å²) in [5, 5.41) is 9.09. The maximum atomic E-state index is 9.09. The summed E-state index contributed by atoms with van der Waals surface area (Å²) in [6.45, 7) is 4.04. The number of rotatable bonds is 1. The fourth-order valence-corrected chi connectivity index (χ4v) is 3.52. The molecule has 0 radical (unpaired) electrons. The van der Waals surface area contributed by atoms with Crippen molar-refractivity contribution < 1.29 is 0 Å². The second kappa shape index (κ2) is 4.42. The Kier molecular flexibility index (Phi) is 3.15. The monoisotopic (exact) mass is 235 g/mol.